The minimum atomic E-state index is -4.36. The topological polar surface area (TPSA) is 74.8 Å². The van der Waals surface area contributed by atoms with Gasteiger partial charge in [0.15, 0.2) is 5.96 Å². The number of hydrogen-bond acceptors (Lipinski definition) is 3. The van der Waals surface area contributed by atoms with Gasteiger partial charge in [-0.2, -0.15) is 13.2 Å². The van der Waals surface area contributed by atoms with E-state index >= 15 is 0 Å². The van der Waals surface area contributed by atoms with Gasteiger partial charge in [-0.25, -0.2) is 4.99 Å². The van der Waals surface area contributed by atoms with Crippen molar-refractivity contribution in [3.05, 3.63) is 29.8 Å². The second-order valence-electron chi connectivity index (χ2n) is 6.79. The Labute approximate surface area is 157 Å². The van der Waals surface area contributed by atoms with Gasteiger partial charge in [0.05, 0.1) is 12.1 Å². The molecule has 0 fully saturated rings. The fourth-order valence-corrected chi connectivity index (χ4v) is 2.03. The number of rotatable bonds is 7. The predicted molar refractivity (Wildman–Crippen MR) is 98.8 cm³/mol. The number of guanidine groups is 1. The number of alkyl halides is 3. The van der Waals surface area contributed by atoms with E-state index in [-0.39, 0.29) is 24.6 Å². The Bertz CT molecular complexity index is 623. The monoisotopic (exact) mass is 388 g/mol. The number of nitrogens with zero attached hydrogens (tertiary/aromatic N) is 1. The van der Waals surface area contributed by atoms with E-state index in [2.05, 4.69) is 20.9 Å². The first-order valence-corrected chi connectivity index (χ1v) is 8.64. The summed E-state index contributed by atoms with van der Waals surface area (Å²) in [5.41, 5.74) is -1.04. The number of ether oxygens (including phenoxy) is 1. The molecule has 1 rings (SSSR count). The van der Waals surface area contributed by atoms with Crippen molar-refractivity contribution in [1.82, 2.24) is 16.0 Å². The zero-order valence-electron chi connectivity index (χ0n) is 16.0. The summed E-state index contributed by atoms with van der Waals surface area (Å²) in [4.78, 5) is 16.0. The molecule has 0 aromatic heterocycles. The molecule has 0 saturated carbocycles. The zero-order valence-corrected chi connectivity index (χ0v) is 16.0. The molecule has 1 aromatic rings. The minimum absolute atomic E-state index is 0.0215. The highest BCUT2D eigenvalue weighted by atomic mass is 19.4. The number of carbonyl (C=O) groups excluding carboxylic acids is 1. The summed E-state index contributed by atoms with van der Waals surface area (Å²) in [6.07, 6.45) is -4.36. The lowest BCUT2D eigenvalue weighted by molar-refractivity contribution is -0.137. The average molecular weight is 388 g/mol. The smallest absolute Gasteiger partial charge is 0.416 e. The number of carbonyl (C=O) groups is 1. The van der Waals surface area contributed by atoms with Crippen molar-refractivity contribution in [2.75, 3.05) is 26.2 Å². The van der Waals surface area contributed by atoms with Gasteiger partial charge < -0.3 is 20.7 Å². The van der Waals surface area contributed by atoms with Gasteiger partial charge in [0.2, 0.25) is 5.91 Å². The van der Waals surface area contributed by atoms with Gasteiger partial charge in [0.25, 0.3) is 0 Å². The summed E-state index contributed by atoms with van der Waals surface area (Å²) in [5, 5.41) is 8.81. The van der Waals surface area contributed by atoms with Crippen LogP contribution < -0.4 is 20.7 Å². The molecular weight excluding hydrogens is 361 g/mol. The molecule has 152 valence electrons. The Morgan fingerprint density at radius 1 is 1.11 bits per heavy atom. The van der Waals surface area contributed by atoms with E-state index < -0.39 is 11.7 Å². The van der Waals surface area contributed by atoms with Crippen molar-refractivity contribution in [3.8, 4) is 5.75 Å². The van der Waals surface area contributed by atoms with E-state index in [1.54, 1.807) is 0 Å². The summed E-state index contributed by atoms with van der Waals surface area (Å²) in [6, 6.07) is 4.50. The van der Waals surface area contributed by atoms with E-state index in [4.69, 9.17) is 4.74 Å². The van der Waals surface area contributed by atoms with Gasteiger partial charge in [-0.1, -0.05) is 0 Å². The molecule has 9 heteroatoms. The average Bonchev–Trinajstić information content (AvgIpc) is 2.54. The second-order valence-corrected chi connectivity index (χ2v) is 6.79. The first-order chi connectivity index (χ1) is 12.5. The van der Waals surface area contributed by atoms with Gasteiger partial charge in [-0.15, -0.1) is 0 Å². The van der Waals surface area contributed by atoms with Crippen molar-refractivity contribution in [3.63, 3.8) is 0 Å². The Hall–Kier alpha value is -2.45. The largest absolute Gasteiger partial charge is 0.492 e. The highest BCUT2D eigenvalue weighted by Gasteiger charge is 2.29. The Balaban J connectivity index is 2.44. The summed E-state index contributed by atoms with van der Waals surface area (Å²) < 4.78 is 42.9. The van der Waals surface area contributed by atoms with Crippen LogP contribution in [0, 0.1) is 0 Å². The van der Waals surface area contributed by atoms with Crippen molar-refractivity contribution in [2.24, 2.45) is 4.99 Å². The quantitative estimate of drug-likeness (QED) is 0.381. The van der Waals surface area contributed by atoms with Crippen molar-refractivity contribution in [2.45, 2.75) is 39.4 Å². The molecular formula is C18H27F3N4O2. The van der Waals surface area contributed by atoms with Gasteiger partial charge in [-0.3, -0.25) is 4.79 Å². The van der Waals surface area contributed by atoms with E-state index in [0.29, 0.717) is 24.8 Å². The number of amides is 1. The lowest BCUT2D eigenvalue weighted by atomic mass is 10.1. The molecule has 0 unspecified atom stereocenters. The van der Waals surface area contributed by atoms with Crippen LogP contribution in [0.15, 0.2) is 29.3 Å². The summed E-state index contributed by atoms with van der Waals surface area (Å²) in [7, 11) is 0. The standard InChI is InChI=1S/C18H27F3N4O2/c1-5-22-16(24-12-15(26)25-17(2,3)4)23-10-11-27-14-8-6-13(7-9-14)18(19,20)21/h6-9H,5,10-12H2,1-4H3,(H,25,26)(H2,22,23,24). The third-order valence-electron chi connectivity index (χ3n) is 3.08. The Kier molecular flexibility index (Phi) is 8.39. The maximum Gasteiger partial charge on any atom is 0.416 e. The van der Waals surface area contributed by atoms with Crippen LogP contribution in [0.1, 0.15) is 33.3 Å². The number of nitrogens with one attached hydrogen (secondary N) is 3. The van der Waals surface area contributed by atoms with E-state index in [9.17, 15) is 18.0 Å². The van der Waals surface area contributed by atoms with Crippen LogP contribution in [-0.4, -0.2) is 43.6 Å². The van der Waals surface area contributed by atoms with Crippen molar-refractivity contribution in [1.29, 1.82) is 0 Å². The summed E-state index contributed by atoms with van der Waals surface area (Å²) in [6.45, 7) is 8.74. The van der Waals surface area contributed by atoms with Crippen molar-refractivity contribution < 1.29 is 22.7 Å². The van der Waals surface area contributed by atoms with Gasteiger partial charge in [0, 0.05) is 12.1 Å². The lowest BCUT2D eigenvalue weighted by Gasteiger charge is -2.20. The summed E-state index contributed by atoms with van der Waals surface area (Å²) >= 11 is 0. The fourth-order valence-electron chi connectivity index (χ4n) is 2.03. The maximum absolute atomic E-state index is 12.5. The lowest BCUT2D eigenvalue weighted by Crippen LogP contribution is -2.43. The predicted octanol–water partition coefficient (Wildman–Crippen LogP) is 2.55. The van der Waals surface area contributed by atoms with Gasteiger partial charge in [-0.05, 0) is 52.0 Å². The first-order valence-electron chi connectivity index (χ1n) is 8.64. The van der Waals surface area contributed by atoms with Gasteiger partial charge in [0.1, 0.15) is 18.9 Å². The number of aliphatic imine (C=N–C) groups is 1. The molecule has 0 aliphatic carbocycles. The third-order valence-corrected chi connectivity index (χ3v) is 3.08. The SMILES string of the molecule is CCNC(=NCC(=O)NC(C)(C)C)NCCOc1ccc(C(F)(F)F)cc1. The van der Waals surface area contributed by atoms with Crippen LogP contribution in [0.5, 0.6) is 5.75 Å². The molecule has 6 nitrogen and oxygen atoms in total. The second kappa shape index (κ2) is 10.0. The Morgan fingerprint density at radius 3 is 2.26 bits per heavy atom. The molecule has 3 N–H and O–H groups in total. The number of halogens is 3. The third kappa shape index (κ3) is 9.72. The number of benzene rings is 1. The van der Waals surface area contributed by atoms with E-state index in [0.717, 1.165) is 12.1 Å². The highest BCUT2D eigenvalue weighted by molar-refractivity contribution is 5.85. The molecule has 0 heterocycles. The van der Waals surface area contributed by atoms with Crippen LogP contribution in [0.25, 0.3) is 0 Å². The van der Waals surface area contributed by atoms with Crippen LogP contribution in [0.4, 0.5) is 13.2 Å². The normalized spacial score (nSPS) is 12.5. The highest BCUT2D eigenvalue weighted by Crippen LogP contribution is 2.30. The van der Waals surface area contributed by atoms with E-state index in [1.807, 2.05) is 27.7 Å². The molecule has 0 saturated heterocycles. The molecule has 1 aromatic carbocycles. The molecule has 0 aliphatic heterocycles. The van der Waals surface area contributed by atoms with Crippen molar-refractivity contribution >= 4 is 11.9 Å². The van der Waals surface area contributed by atoms with E-state index in [1.165, 1.54) is 12.1 Å². The molecule has 0 spiro atoms. The molecule has 27 heavy (non-hydrogen) atoms. The fraction of sp³-hybridized carbons (Fsp3) is 0.556. The summed E-state index contributed by atoms with van der Waals surface area (Å²) in [5.74, 6) is 0.606. The molecule has 0 aliphatic rings. The van der Waals surface area contributed by atoms with Crippen LogP contribution in [0.3, 0.4) is 0 Å². The minimum Gasteiger partial charge on any atom is -0.492 e. The molecule has 0 radical (unpaired) electrons. The zero-order chi connectivity index (χ0) is 20.5. The first kappa shape index (κ1) is 22.6. The van der Waals surface area contributed by atoms with Gasteiger partial charge >= 0.3 is 6.18 Å². The molecule has 1 amide bonds. The maximum atomic E-state index is 12.5. The molecule has 0 bridgehead atoms. The molecule has 0 atom stereocenters. The number of hydrogen-bond donors (Lipinski definition) is 3. The Morgan fingerprint density at radius 2 is 1.74 bits per heavy atom. The van der Waals surface area contributed by atoms with Crippen LogP contribution >= 0.6 is 0 Å². The van der Waals surface area contributed by atoms with Crippen LogP contribution in [0.2, 0.25) is 0 Å². The van der Waals surface area contributed by atoms with Crippen LogP contribution in [-0.2, 0) is 11.0 Å².